The molecule has 0 aromatic carbocycles. The third-order valence-electron chi connectivity index (χ3n) is 3.12. The summed E-state index contributed by atoms with van der Waals surface area (Å²) >= 11 is 0. The van der Waals surface area contributed by atoms with Gasteiger partial charge in [-0.2, -0.15) is 0 Å². The van der Waals surface area contributed by atoms with Crippen LogP contribution in [0.1, 0.15) is 19.8 Å². The normalized spacial score (nSPS) is 33.1. The lowest BCUT2D eigenvalue weighted by Gasteiger charge is -2.29. The first kappa shape index (κ1) is 16.4. The molecular formula is C15H26O4. The van der Waals surface area contributed by atoms with E-state index in [0.29, 0.717) is 13.2 Å². The van der Waals surface area contributed by atoms with Crippen LogP contribution >= 0.6 is 0 Å². The van der Waals surface area contributed by atoms with Crippen molar-refractivity contribution in [3.8, 4) is 0 Å². The van der Waals surface area contributed by atoms with Gasteiger partial charge in [0, 0.05) is 20.1 Å². The smallest absolute Gasteiger partial charge is 0.146 e. The Labute approximate surface area is 116 Å². The van der Waals surface area contributed by atoms with Crippen molar-refractivity contribution < 1.29 is 18.9 Å². The van der Waals surface area contributed by atoms with E-state index in [9.17, 15) is 0 Å². The van der Waals surface area contributed by atoms with Crippen LogP contribution in [0.5, 0.6) is 0 Å². The summed E-state index contributed by atoms with van der Waals surface area (Å²) in [5.41, 5.74) is 0. The Hall–Kier alpha value is -0.680. The molecular weight excluding hydrogens is 244 g/mol. The zero-order chi connectivity index (χ0) is 13.9. The van der Waals surface area contributed by atoms with Crippen LogP contribution in [-0.2, 0) is 18.9 Å². The van der Waals surface area contributed by atoms with E-state index in [2.05, 4.69) is 31.2 Å². The van der Waals surface area contributed by atoms with Crippen LogP contribution in [0.2, 0.25) is 0 Å². The molecule has 110 valence electrons. The van der Waals surface area contributed by atoms with Gasteiger partial charge in [0.05, 0.1) is 19.3 Å². The van der Waals surface area contributed by atoms with E-state index in [1.807, 2.05) is 0 Å². The fourth-order valence-electron chi connectivity index (χ4n) is 2.08. The van der Waals surface area contributed by atoms with Crippen LogP contribution in [0.3, 0.4) is 0 Å². The topological polar surface area (TPSA) is 36.9 Å². The molecule has 0 radical (unpaired) electrons. The Balaban J connectivity index is 2.71. The average molecular weight is 270 g/mol. The number of hydrogen-bond acceptors (Lipinski definition) is 4. The fourth-order valence-corrected chi connectivity index (χ4v) is 2.08. The van der Waals surface area contributed by atoms with Crippen molar-refractivity contribution in [2.75, 3.05) is 34.2 Å². The largest absolute Gasteiger partial charge is 0.377 e. The zero-order valence-electron chi connectivity index (χ0n) is 12.2. The summed E-state index contributed by atoms with van der Waals surface area (Å²) in [5, 5.41) is 0. The first-order chi connectivity index (χ1) is 9.29. The first-order valence-corrected chi connectivity index (χ1v) is 6.82. The summed E-state index contributed by atoms with van der Waals surface area (Å²) in [6, 6.07) is 0. The molecule has 1 aliphatic heterocycles. The molecule has 4 heteroatoms. The molecule has 0 saturated heterocycles. The minimum Gasteiger partial charge on any atom is -0.377 e. The highest BCUT2D eigenvalue weighted by molar-refractivity contribution is 4.97. The Bertz CT molecular complexity index is 275. The molecule has 0 fully saturated rings. The SMILES string of the molecule is COCO[C@H]1[C@H](C)COC/C=C/CC/C=C/[C@@H]1OC. The van der Waals surface area contributed by atoms with Gasteiger partial charge in [-0.3, -0.25) is 0 Å². The Morgan fingerprint density at radius 3 is 2.68 bits per heavy atom. The van der Waals surface area contributed by atoms with Gasteiger partial charge in [-0.1, -0.05) is 31.2 Å². The van der Waals surface area contributed by atoms with Gasteiger partial charge < -0.3 is 18.9 Å². The van der Waals surface area contributed by atoms with Crippen molar-refractivity contribution in [2.24, 2.45) is 5.92 Å². The lowest BCUT2D eigenvalue weighted by molar-refractivity contribution is -0.135. The van der Waals surface area contributed by atoms with Crippen LogP contribution in [0.25, 0.3) is 0 Å². The van der Waals surface area contributed by atoms with Gasteiger partial charge in [0.2, 0.25) is 0 Å². The highest BCUT2D eigenvalue weighted by atomic mass is 16.7. The zero-order valence-corrected chi connectivity index (χ0v) is 12.2. The number of rotatable bonds is 4. The third kappa shape index (κ3) is 6.34. The van der Waals surface area contributed by atoms with Crippen molar-refractivity contribution >= 4 is 0 Å². The molecule has 1 aliphatic rings. The van der Waals surface area contributed by atoms with Crippen molar-refractivity contribution in [1.82, 2.24) is 0 Å². The minimum absolute atomic E-state index is 0.0652. The predicted octanol–water partition coefficient (Wildman–Crippen LogP) is 2.55. The highest BCUT2D eigenvalue weighted by Crippen LogP contribution is 2.17. The summed E-state index contributed by atoms with van der Waals surface area (Å²) in [6.07, 6.45) is 10.3. The number of allylic oxidation sites excluding steroid dienone is 2. The third-order valence-corrected chi connectivity index (χ3v) is 3.12. The second-order valence-corrected chi connectivity index (χ2v) is 4.73. The molecule has 0 aliphatic carbocycles. The van der Waals surface area contributed by atoms with Crippen LogP contribution in [0, 0.1) is 5.92 Å². The van der Waals surface area contributed by atoms with Crippen molar-refractivity contribution in [3.05, 3.63) is 24.3 Å². The molecule has 0 saturated carbocycles. The maximum Gasteiger partial charge on any atom is 0.146 e. The summed E-state index contributed by atoms with van der Waals surface area (Å²) in [5.74, 6) is 0.234. The molecule has 1 heterocycles. The monoisotopic (exact) mass is 270 g/mol. The minimum atomic E-state index is -0.0721. The maximum atomic E-state index is 5.76. The van der Waals surface area contributed by atoms with Crippen LogP contribution < -0.4 is 0 Å². The Morgan fingerprint density at radius 2 is 1.95 bits per heavy atom. The van der Waals surface area contributed by atoms with E-state index < -0.39 is 0 Å². The number of ether oxygens (including phenoxy) is 4. The lowest BCUT2D eigenvalue weighted by Crippen LogP contribution is -2.37. The summed E-state index contributed by atoms with van der Waals surface area (Å²) in [6.45, 7) is 3.67. The average Bonchev–Trinajstić information content (AvgIpc) is 2.41. The lowest BCUT2D eigenvalue weighted by atomic mass is 9.99. The van der Waals surface area contributed by atoms with Crippen LogP contribution in [0.4, 0.5) is 0 Å². The molecule has 0 amide bonds. The molecule has 3 atom stereocenters. The van der Waals surface area contributed by atoms with Crippen LogP contribution in [-0.4, -0.2) is 46.4 Å². The van der Waals surface area contributed by atoms with Gasteiger partial charge in [0.1, 0.15) is 12.9 Å². The van der Waals surface area contributed by atoms with Gasteiger partial charge >= 0.3 is 0 Å². The second kappa shape index (κ2) is 10.1. The van der Waals surface area contributed by atoms with Crippen LogP contribution in [0.15, 0.2) is 24.3 Å². The Morgan fingerprint density at radius 1 is 1.16 bits per heavy atom. The highest BCUT2D eigenvalue weighted by Gasteiger charge is 2.26. The molecule has 0 spiro atoms. The first-order valence-electron chi connectivity index (χ1n) is 6.82. The molecule has 0 N–H and O–H groups in total. The molecule has 0 aromatic heterocycles. The molecule has 19 heavy (non-hydrogen) atoms. The van der Waals surface area contributed by atoms with Crippen molar-refractivity contribution in [2.45, 2.75) is 32.0 Å². The number of hydrogen-bond donors (Lipinski definition) is 0. The number of methoxy groups -OCH3 is 2. The summed E-state index contributed by atoms with van der Waals surface area (Å²) < 4.78 is 21.9. The quantitative estimate of drug-likeness (QED) is 0.581. The Kier molecular flexibility index (Phi) is 8.75. The molecule has 0 aromatic rings. The van der Waals surface area contributed by atoms with Crippen molar-refractivity contribution in [3.63, 3.8) is 0 Å². The molecule has 1 rings (SSSR count). The van der Waals surface area contributed by atoms with E-state index in [0.717, 1.165) is 12.8 Å². The van der Waals surface area contributed by atoms with Crippen molar-refractivity contribution in [1.29, 1.82) is 0 Å². The van der Waals surface area contributed by atoms with Gasteiger partial charge in [-0.05, 0) is 12.8 Å². The molecule has 4 nitrogen and oxygen atoms in total. The summed E-state index contributed by atoms with van der Waals surface area (Å²) in [4.78, 5) is 0. The standard InChI is InChI=1S/C15H26O4/c1-13-11-18-10-8-6-4-5-7-9-14(17-3)15(13)19-12-16-2/h6-9,13-15H,4-5,10-12H2,1-3H3/b8-6+,9-7+/t13-,14+,15+/m1/s1. The van der Waals surface area contributed by atoms with Gasteiger partial charge in [0.25, 0.3) is 0 Å². The van der Waals surface area contributed by atoms with Gasteiger partial charge in [0.15, 0.2) is 0 Å². The van der Waals surface area contributed by atoms with E-state index in [1.54, 1.807) is 14.2 Å². The predicted molar refractivity (Wildman–Crippen MR) is 75.0 cm³/mol. The van der Waals surface area contributed by atoms with Gasteiger partial charge in [-0.25, -0.2) is 0 Å². The molecule has 0 unspecified atom stereocenters. The van der Waals surface area contributed by atoms with E-state index in [-0.39, 0.29) is 24.9 Å². The second-order valence-electron chi connectivity index (χ2n) is 4.73. The summed E-state index contributed by atoms with van der Waals surface area (Å²) in [7, 11) is 3.33. The van der Waals surface area contributed by atoms with E-state index >= 15 is 0 Å². The van der Waals surface area contributed by atoms with E-state index in [4.69, 9.17) is 18.9 Å². The van der Waals surface area contributed by atoms with Gasteiger partial charge in [-0.15, -0.1) is 0 Å². The fraction of sp³-hybridized carbons (Fsp3) is 0.733. The van der Waals surface area contributed by atoms with E-state index in [1.165, 1.54) is 0 Å². The maximum absolute atomic E-state index is 5.76. The molecule has 0 bridgehead atoms.